The van der Waals surface area contributed by atoms with Gasteiger partial charge in [0.1, 0.15) is 11.9 Å². The number of nitrogens with one attached hydrogen (secondary N) is 1. The zero-order chi connectivity index (χ0) is 15.6. The monoisotopic (exact) mass is 318 g/mol. The van der Waals surface area contributed by atoms with Gasteiger partial charge in [0.05, 0.1) is 22.4 Å². The van der Waals surface area contributed by atoms with Crippen molar-refractivity contribution < 1.29 is 14.3 Å². The predicted molar refractivity (Wildman–Crippen MR) is 85.1 cm³/mol. The molecule has 0 aliphatic carbocycles. The van der Waals surface area contributed by atoms with Gasteiger partial charge in [0.25, 0.3) is 0 Å². The molecule has 7 heteroatoms. The van der Waals surface area contributed by atoms with Gasteiger partial charge in [-0.3, -0.25) is 0 Å². The van der Waals surface area contributed by atoms with E-state index in [2.05, 4.69) is 5.32 Å². The fraction of sp³-hybridized carbons (Fsp3) is 0.769. The molecule has 0 spiro atoms. The van der Waals surface area contributed by atoms with E-state index < -0.39 is 11.7 Å². The van der Waals surface area contributed by atoms with Crippen molar-refractivity contribution >= 4 is 41.3 Å². The van der Waals surface area contributed by atoms with Crippen LogP contribution in [0.15, 0.2) is 0 Å². The van der Waals surface area contributed by atoms with Gasteiger partial charge in [-0.15, -0.1) is 11.8 Å². The number of aldehydes is 1. The number of nitrogens with zero attached hydrogens (tertiary/aromatic N) is 1. The van der Waals surface area contributed by atoms with Gasteiger partial charge in [0.2, 0.25) is 0 Å². The van der Waals surface area contributed by atoms with Crippen molar-refractivity contribution in [3.63, 3.8) is 0 Å². The van der Waals surface area contributed by atoms with Gasteiger partial charge in [-0.1, -0.05) is 12.2 Å². The van der Waals surface area contributed by atoms with Crippen LogP contribution in [0.3, 0.4) is 0 Å². The molecule has 1 fully saturated rings. The number of ether oxygens (including phenoxy) is 1. The summed E-state index contributed by atoms with van der Waals surface area (Å²) >= 11 is 7.03. The molecule has 0 aromatic rings. The van der Waals surface area contributed by atoms with Crippen molar-refractivity contribution in [3.05, 3.63) is 0 Å². The topological polar surface area (TPSA) is 58.6 Å². The minimum absolute atomic E-state index is 0.193. The van der Waals surface area contributed by atoms with Crippen molar-refractivity contribution in [1.29, 1.82) is 0 Å². The largest absolute Gasteiger partial charge is 0.444 e. The van der Waals surface area contributed by atoms with Crippen molar-refractivity contribution in [1.82, 2.24) is 10.2 Å². The van der Waals surface area contributed by atoms with Gasteiger partial charge in [0, 0.05) is 5.75 Å². The summed E-state index contributed by atoms with van der Waals surface area (Å²) in [5.74, 6) is 0.711. The van der Waals surface area contributed by atoms with Crippen LogP contribution in [-0.4, -0.2) is 51.1 Å². The summed E-state index contributed by atoms with van der Waals surface area (Å²) in [7, 11) is 0. The lowest BCUT2D eigenvalue weighted by Crippen LogP contribution is -2.50. The molecule has 1 atom stereocenters. The third kappa shape index (κ3) is 4.63. The Morgan fingerprint density at radius 2 is 2.15 bits per heavy atom. The molecule has 0 aromatic carbocycles. The lowest BCUT2D eigenvalue weighted by atomic mass is 10.2. The normalized spacial score (nSPS) is 21.4. The fourth-order valence-corrected chi connectivity index (χ4v) is 3.65. The smallest absolute Gasteiger partial charge is 0.408 e. The Hall–Kier alpha value is -0.820. The molecule has 1 aliphatic heterocycles. The zero-order valence-electron chi connectivity index (χ0n) is 12.6. The fourth-order valence-electron chi connectivity index (χ4n) is 1.97. The molecule has 1 amide bonds. The summed E-state index contributed by atoms with van der Waals surface area (Å²) in [6.07, 6.45) is 0.397. The Kier molecular flexibility index (Phi) is 5.43. The van der Waals surface area contributed by atoms with Gasteiger partial charge in [0.15, 0.2) is 0 Å². The molecular formula is C13H22N2O3S2. The number of hydrogen-bond donors (Lipinski definition) is 1. The standard InChI is InChI=1S/C13H22N2O3S2/c1-12(2,3)18-11(17)14-6-10(19)15-9(7-16)8-20-13(15,4)5/h7,9H,6,8H2,1-5H3,(H,14,17)/t9-/m1/s1. The Labute approximate surface area is 129 Å². The quantitative estimate of drug-likeness (QED) is 0.636. The van der Waals surface area contributed by atoms with Crippen LogP contribution in [0.2, 0.25) is 0 Å². The molecule has 1 N–H and O–H groups in total. The summed E-state index contributed by atoms with van der Waals surface area (Å²) in [6.45, 7) is 9.62. The van der Waals surface area contributed by atoms with Crippen LogP contribution >= 0.6 is 24.0 Å². The Morgan fingerprint density at radius 3 is 2.65 bits per heavy atom. The first-order valence-corrected chi connectivity index (χ1v) is 7.84. The highest BCUT2D eigenvalue weighted by Crippen LogP contribution is 2.38. The summed E-state index contributed by atoms with van der Waals surface area (Å²) in [4.78, 5) is 24.9. The highest BCUT2D eigenvalue weighted by atomic mass is 32.2. The van der Waals surface area contributed by atoms with Gasteiger partial charge < -0.3 is 19.7 Å². The molecule has 1 aliphatic rings. The molecule has 1 heterocycles. The van der Waals surface area contributed by atoms with Crippen LogP contribution in [0.5, 0.6) is 0 Å². The zero-order valence-corrected chi connectivity index (χ0v) is 14.2. The number of carbonyl (C=O) groups is 2. The second-order valence-electron chi connectivity index (χ2n) is 6.08. The first-order valence-electron chi connectivity index (χ1n) is 6.45. The number of amides is 1. The number of alkyl carbamates (subject to hydrolysis) is 1. The maximum absolute atomic E-state index is 11.6. The maximum Gasteiger partial charge on any atom is 0.408 e. The van der Waals surface area contributed by atoms with E-state index in [9.17, 15) is 9.59 Å². The third-order valence-corrected chi connectivity index (χ3v) is 4.48. The van der Waals surface area contributed by atoms with Crippen molar-refractivity contribution in [2.45, 2.75) is 51.1 Å². The molecule has 0 bridgehead atoms. The second kappa shape index (κ2) is 6.30. The molecule has 0 radical (unpaired) electrons. The molecule has 1 rings (SSSR count). The Balaban J connectivity index is 2.58. The highest BCUT2D eigenvalue weighted by Gasteiger charge is 2.41. The summed E-state index contributed by atoms with van der Waals surface area (Å²) < 4.78 is 5.15. The third-order valence-electron chi connectivity index (χ3n) is 2.73. The van der Waals surface area contributed by atoms with E-state index >= 15 is 0 Å². The first-order chi connectivity index (χ1) is 9.07. The molecule has 20 heavy (non-hydrogen) atoms. The van der Waals surface area contributed by atoms with Crippen LogP contribution in [-0.2, 0) is 9.53 Å². The van der Waals surface area contributed by atoms with Crippen LogP contribution in [0.1, 0.15) is 34.6 Å². The van der Waals surface area contributed by atoms with E-state index in [1.54, 1.807) is 32.5 Å². The van der Waals surface area contributed by atoms with Crippen molar-refractivity contribution in [3.8, 4) is 0 Å². The van der Waals surface area contributed by atoms with Crippen LogP contribution in [0.25, 0.3) is 0 Å². The SMILES string of the molecule is CC(C)(C)OC(=O)NCC(=S)N1[C@H](C=O)CSC1(C)C. The Bertz CT molecular complexity index is 405. The number of thioether (sulfide) groups is 1. The molecule has 0 aromatic heterocycles. The number of thiocarbonyl (C=S) groups is 1. The summed E-state index contributed by atoms with van der Waals surface area (Å²) in [5.41, 5.74) is -0.542. The number of hydrogen-bond acceptors (Lipinski definition) is 5. The molecule has 0 saturated carbocycles. The molecule has 1 saturated heterocycles. The second-order valence-corrected chi connectivity index (χ2v) is 8.17. The van der Waals surface area contributed by atoms with Gasteiger partial charge in [-0.2, -0.15) is 0 Å². The minimum atomic E-state index is -0.542. The van der Waals surface area contributed by atoms with E-state index in [-0.39, 0.29) is 17.5 Å². The Morgan fingerprint density at radius 1 is 1.55 bits per heavy atom. The van der Waals surface area contributed by atoms with Crippen molar-refractivity contribution in [2.24, 2.45) is 0 Å². The van der Waals surface area contributed by atoms with Gasteiger partial charge >= 0.3 is 6.09 Å². The van der Waals surface area contributed by atoms with Crippen LogP contribution in [0, 0.1) is 0 Å². The number of carbonyl (C=O) groups excluding carboxylic acids is 2. The average Bonchev–Trinajstić information content (AvgIpc) is 2.59. The molecule has 114 valence electrons. The van der Waals surface area contributed by atoms with E-state index in [0.717, 1.165) is 6.29 Å². The molecule has 5 nitrogen and oxygen atoms in total. The maximum atomic E-state index is 11.6. The molecular weight excluding hydrogens is 296 g/mol. The van der Waals surface area contributed by atoms with Crippen LogP contribution < -0.4 is 5.32 Å². The van der Waals surface area contributed by atoms with Crippen molar-refractivity contribution in [2.75, 3.05) is 12.3 Å². The minimum Gasteiger partial charge on any atom is -0.444 e. The average molecular weight is 318 g/mol. The highest BCUT2D eigenvalue weighted by molar-refractivity contribution is 8.01. The van der Waals surface area contributed by atoms with Gasteiger partial charge in [-0.25, -0.2) is 4.79 Å². The number of rotatable bonds is 3. The van der Waals surface area contributed by atoms with E-state index in [1.807, 2.05) is 18.7 Å². The van der Waals surface area contributed by atoms with Crippen LogP contribution in [0.4, 0.5) is 4.79 Å². The van der Waals surface area contributed by atoms with E-state index in [0.29, 0.717) is 10.7 Å². The van der Waals surface area contributed by atoms with Gasteiger partial charge in [-0.05, 0) is 34.6 Å². The van der Waals surface area contributed by atoms with E-state index in [4.69, 9.17) is 17.0 Å². The van der Waals surface area contributed by atoms with E-state index in [1.165, 1.54) is 0 Å². The molecule has 0 unspecified atom stereocenters. The lowest BCUT2D eigenvalue weighted by molar-refractivity contribution is -0.110. The predicted octanol–water partition coefficient (Wildman–Crippen LogP) is 2.19. The first kappa shape index (κ1) is 17.2. The summed E-state index contributed by atoms with van der Waals surface area (Å²) in [6, 6.07) is -0.233. The lowest BCUT2D eigenvalue weighted by Gasteiger charge is -2.35. The summed E-state index contributed by atoms with van der Waals surface area (Å²) in [5, 5.41) is 2.63.